The van der Waals surface area contributed by atoms with Crippen LogP contribution in [0, 0.1) is 25.2 Å². The number of nitrogens with one attached hydrogen (secondary N) is 1. The Morgan fingerprint density at radius 3 is 2.36 bits per heavy atom. The summed E-state index contributed by atoms with van der Waals surface area (Å²) in [4.78, 5) is 0. The zero-order valence-corrected chi connectivity index (χ0v) is 14.7. The van der Waals surface area contributed by atoms with Gasteiger partial charge in [-0.1, -0.05) is 42.5 Å². The first kappa shape index (κ1) is 16.9. The van der Waals surface area contributed by atoms with Crippen LogP contribution in [0.25, 0.3) is 0 Å². The molecule has 0 fully saturated rings. The molecular weight excluding hydrogens is 308 g/mol. The number of aromatic nitrogens is 2. The molecule has 0 aliphatic rings. The van der Waals surface area contributed by atoms with E-state index >= 15 is 0 Å². The summed E-state index contributed by atoms with van der Waals surface area (Å²) in [6, 6.07) is 20.2. The van der Waals surface area contributed by atoms with Crippen molar-refractivity contribution in [3.05, 3.63) is 88.2 Å². The SMILES string of the molecule is Cc1nn(Cc2ccccc2)c(C)c1CNCc1ccc(C#N)cc1. The Labute approximate surface area is 148 Å². The molecule has 0 saturated heterocycles. The molecule has 0 atom stereocenters. The van der Waals surface area contributed by atoms with Crippen LogP contribution in [0.2, 0.25) is 0 Å². The second-order valence-corrected chi connectivity index (χ2v) is 6.20. The second-order valence-electron chi connectivity index (χ2n) is 6.20. The first-order chi connectivity index (χ1) is 12.2. The Morgan fingerprint density at radius 1 is 0.960 bits per heavy atom. The van der Waals surface area contributed by atoms with E-state index in [2.05, 4.69) is 54.2 Å². The third-order valence-electron chi connectivity index (χ3n) is 4.42. The molecule has 4 heteroatoms. The van der Waals surface area contributed by atoms with Crippen molar-refractivity contribution in [2.75, 3.05) is 0 Å². The highest BCUT2D eigenvalue weighted by molar-refractivity contribution is 5.31. The predicted molar refractivity (Wildman–Crippen MR) is 98.9 cm³/mol. The van der Waals surface area contributed by atoms with E-state index < -0.39 is 0 Å². The maximum atomic E-state index is 8.85. The highest BCUT2D eigenvalue weighted by Crippen LogP contribution is 2.15. The fraction of sp³-hybridized carbons (Fsp3) is 0.238. The van der Waals surface area contributed by atoms with Gasteiger partial charge in [0.1, 0.15) is 0 Å². The molecule has 3 aromatic rings. The van der Waals surface area contributed by atoms with Crippen molar-refractivity contribution in [3.8, 4) is 6.07 Å². The Balaban J connectivity index is 1.63. The van der Waals surface area contributed by atoms with Crippen molar-refractivity contribution in [2.24, 2.45) is 0 Å². The number of nitrogens with zero attached hydrogens (tertiary/aromatic N) is 3. The maximum absolute atomic E-state index is 8.85. The largest absolute Gasteiger partial charge is 0.308 e. The van der Waals surface area contributed by atoms with Gasteiger partial charge in [-0.2, -0.15) is 10.4 Å². The molecule has 1 aromatic heterocycles. The smallest absolute Gasteiger partial charge is 0.0991 e. The summed E-state index contributed by atoms with van der Waals surface area (Å²) in [5.74, 6) is 0. The van der Waals surface area contributed by atoms with Crippen LogP contribution in [0.5, 0.6) is 0 Å². The summed E-state index contributed by atoms with van der Waals surface area (Å²) in [5, 5.41) is 17.0. The monoisotopic (exact) mass is 330 g/mol. The minimum absolute atomic E-state index is 0.692. The van der Waals surface area contributed by atoms with Gasteiger partial charge in [-0.25, -0.2) is 0 Å². The van der Waals surface area contributed by atoms with Gasteiger partial charge in [0.2, 0.25) is 0 Å². The van der Waals surface area contributed by atoms with Crippen molar-refractivity contribution >= 4 is 0 Å². The Hall–Kier alpha value is -2.90. The average Bonchev–Trinajstić information content (AvgIpc) is 2.90. The molecule has 0 unspecified atom stereocenters. The summed E-state index contributed by atoms with van der Waals surface area (Å²) >= 11 is 0. The fourth-order valence-electron chi connectivity index (χ4n) is 2.93. The van der Waals surface area contributed by atoms with Crippen molar-refractivity contribution in [1.29, 1.82) is 5.26 Å². The summed E-state index contributed by atoms with van der Waals surface area (Å²) < 4.78 is 2.07. The molecule has 2 aromatic carbocycles. The zero-order chi connectivity index (χ0) is 17.6. The minimum atomic E-state index is 0.692. The van der Waals surface area contributed by atoms with E-state index in [0.29, 0.717) is 5.56 Å². The molecule has 3 rings (SSSR count). The molecule has 0 spiro atoms. The second kappa shape index (κ2) is 7.78. The first-order valence-corrected chi connectivity index (χ1v) is 8.44. The average molecular weight is 330 g/mol. The summed E-state index contributed by atoms with van der Waals surface area (Å²) in [6.45, 7) is 6.54. The third kappa shape index (κ3) is 4.14. The van der Waals surface area contributed by atoms with Crippen LogP contribution in [0.4, 0.5) is 0 Å². The van der Waals surface area contributed by atoms with Gasteiger partial charge < -0.3 is 5.32 Å². The quantitative estimate of drug-likeness (QED) is 0.749. The zero-order valence-electron chi connectivity index (χ0n) is 14.7. The van der Waals surface area contributed by atoms with Gasteiger partial charge in [0.15, 0.2) is 0 Å². The molecule has 1 heterocycles. The van der Waals surface area contributed by atoms with Crippen LogP contribution in [0.15, 0.2) is 54.6 Å². The van der Waals surface area contributed by atoms with Crippen LogP contribution in [0.3, 0.4) is 0 Å². The van der Waals surface area contributed by atoms with Crippen LogP contribution >= 0.6 is 0 Å². The van der Waals surface area contributed by atoms with Crippen LogP contribution in [-0.2, 0) is 19.6 Å². The molecule has 1 N–H and O–H groups in total. The van der Waals surface area contributed by atoms with E-state index in [4.69, 9.17) is 10.4 Å². The van der Waals surface area contributed by atoms with Crippen LogP contribution in [0.1, 0.15) is 33.6 Å². The van der Waals surface area contributed by atoms with E-state index in [1.54, 1.807) is 0 Å². The number of nitriles is 1. The Kier molecular flexibility index (Phi) is 5.27. The normalized spacial score (nSPS) is 10.6. The molecule has 0 amide bonds. The summed E-state index contributed by atoms with van der Waals surface area (Å²) in [7, 11) is 0. The predicted octanol–water partition coefficient (Wildman–Crippen LogP) is 3.71. The standard InChI is InChI=1S/C21H22N4/c1-16-21(14-23-13-19-10-8-18(12-22)9-11-19)17(2)25(24-16)15-20-6-4-3-5-7-20/h3-11,23H,13-15H2,1-2H3. The van der Waals surface area contributed by atoms with E-state index in [0.717, 1.165) is 25.3 Å². The van der Waals surface area contributed by atoms with E-state index in [9.17, 15) is 0 Å². The number of hydrogen-bond acceptors (Lipinski definition) is 3. The van der Waals surface area contributed by atoms with E-state index in [-0.39, 0.29) is 0 Å². The lowest BCUT2D eigenvalue weighted by Crippen LogP contribution is -2.14. The van der Waals surface area contributed by atoms with Crippen molar-refractivity contribution < 1.29 is 0 Å². The fourth-order valence-corrected chi connectivity index (χ4v) is 2.93. The summed E-state index contributed by atoms with van der Waals surface area (Å²) in [6.07, 6.45) is 0. The molecule has 0 aliphatic carbocycles. The van der Waals surface area contributed by atoms with Crippen molar-refractivity contribution in [2.45, 2.75) is 33.5 Å². The Morgan fingerprint density at radius 2 is 1.68 bits per heavy atom. The molecule has 4 nitrogen and oxygen atoms in total. The minimum Gasteiger partial charge on any atom is -0.308 e. The molecule has 0 bridgehead atoms. The molecule has 126 valence electrons. The highest BCUT2D eigenvalue weighted by atomic mass is 15.3. The van der Waals surface area contributed by atoms with Crippen LogP contribution < -0.4 is 5.32 Å². The van der Waals surface area contributed by atoms with Gasteiger partial charge in [-0.05, 0) is 37.1 Å². The topological polar surface area (TPSA) is 53.6 Å². The molecule has 0 radical (unpaired) electrons. The third-order valence-corrected chi connectivity index (χ3v) is 4.42. The molecule has 0 aliphatic heterocycles. The number of aryl methyl sites for hydroxylation is 1. The van der Waals surface area contributed by atoms with Gasteiger partial charge in [0, 0.05) is 24.3 Å². The summed E-state index contributed by atoms with van der Waals surface area (Å²) in [5.41, 5.74) is 6.65. The lowest BCUT2D eigenvalue weighted by Gasteiger charge is -2.07. The number of hydrogen-bond donors (Lipinski definition) is 1. The Bertz CT molecular complexity index is 871. The lowest BCUT2D eigenvalue weighted by atomic mass is 10.1. The first-order valence-electron chi connectivity index (χ1n) is 8.44. The van der Waals surface area contributed by atoms with Gasteiger partial charge in [-0.15, -0.1) is 0 Å². The van der Waals surface area contributed by atoms with Gasteiger partial charge >= 0.3 is 0 Å². The number of rotatable bonds is 6. The van der Waals surface area contributed by atoms with Gasteiger partial charge in [-0.3, -0.25) is 4.68 Å². The molecular formula is C21H22N4. The maximum Gasteiger partial charge on any atom is 0.0991 e. The van der Waals surface area contributed by atoms with E-state index in [1.165, 1.54) is 22.4 Å². The molecule has 25 heavy (non-hydrogen) atoms. The highest BCUT2D eigenvalue weighted by Gasteiger charge is 2.11. The van der Waals surface area contributed by atoms with Gasteiger partial charge in [0.25, 0.3) is 0 Å². The van der Waals surface area contributed by atoms with Crippen LogP contribution in [-0.4, -0.2) is 9.78 Å². The van der Waals surface area contributed by atoms with Crippen molar-refractivity contribution in [1.82, 2.24) is 15.1 Å². The molecule has 0 saturated carbocycles. The van der Waals surface area contributed by atoms with Crippen molar-refractivity contribution in [3.63, 3.8) is 0 Å². The van der Waals surface area contributed by atoms with Gasteiger partial charge in [0.05, 0.1) is 23.9 Å². The lowest BCUT2D eigenvalue weighted by molar-refractivity contribution is 0.653. The van der Waals surface area contributed by atoms with E-state index in [1.807, 2.05) is 30.3 Å². The number of benzene rings is 2.